The molecular formula is C12H11BrFNO3S2. The van der Waals surface area contributed by atoms with Crippen LogP contribution in [0.1, 0.15) is 6.92 Å². The highest BCUT2D eigenvalue weighted by Gasteiger charge is 2.21. The number of hydrogen-bond acceptors (Lipinski definition) is 4. The Hall–Kier alpha value is -1.12. The molecule has 4 nitrogen and oxygen atoms in total. The predicted octanol–water partition coefficient (Wildman–Crippen LogP) is 3.85. The molecule has 2 rings (SSSR count). The molecule has 108 valence electrons. The van der Waals surface area contributed by atoms with Gasteiger partial charge in [-0.25, -0.2) is 12.8 Å². The van der Waals surface area contributed by atoms with Gasteiger partial charge in [-0.3, -0.25) is 4.72 Å². The molecule has 20 heavy (non-hydrogen) atoms. The zero-order valence-corrected chi connectivity index (χ0v) is 13.6. The molecule has 0 saturated heterocycles. The van der Waals surface area contributed by atoms with Gasteiger partial charge in [-0.1, -0.05) is 0 Å². The minimum Gasteiger partial charge on any atom is -0.492 e. The van der Waals surface area contributed by atoms with E-state index in [-0.39, 0.29) is 15.6 Å². The van der Waals surface area contributed by atoms with E-state index in [1.807, 2.05) is 0 Å². The van der Waals surface area contributed by atoms with E-state index in [0.717, 1.165) is 17.4 Å². The molecule has 0 amide bonds. The molecule has 0 atom stereocenters. The Morgan fingerprint density at radius 2 is 2.15 bits per heavy atom. The number of thiophene rings is 1. The largest absolute Gasteiger partial charge is 0.492 e. The fraction of sp³-hybridized carbons (Fsp3) is 0.167. The van der Waals surface area contributed by atoms with Crippen LogP contribution in [0.15, 0.2) is 38.3 Å². The summed E-state index contributed by atoms with van der Waals surface area (Å²) in [7, 11) is -3.74. The fourth-order valence-corrected chi connectivity index (χ4v) is 4.93. The number of halogens is 2. The molecule has 0 radical (unpaired) electrons. The van der Waals surface area contributed by atoms with Crippen molar-refractivity contribution < 1.29 is 17.5 Å². The summed E-state index contributed by atoms with van der Waals surface area (Å²) >= 11 is 4.26. The van der Waals surface area contributed by atoms with Crippen molar-refractivity contribution >= 4 is 43.0 Å². The lowest BCUT2D eigenvalue weighted by Gasteiger charge is -2.12. The average molecular weight is 380 g/mol. The molecule has 0 aliphatic heterocycles. The van der Waals surface area contributed by atoms with Crippen molar-refractivity contribution in [2.24, 2.45) is 0 Å². The predicted molar refractivity (Wildman–Crippen MR) is 80.4 cm³/mol. The first kappa shape index (κ1) is 15.3. The molecular weight excluding hydrogens is 369 g/mol. The number of anilines is 1. The molecule has 1 aromatic carbocycles. The van der Waals surface area contributed by atoms with Crippen LogP contribution in [0.2, 0.25) is 0 Å². The molecule has 1 heterocycles. The third kappa shape index (κ3) is 3.31. The molecule has 0 saturated carbocycles. The summed E-state index contributed by atoms with van der Waals surface area (Å²) in [6.45, 7) is 2.04. The second kappa shape index (κ2) is 6.11. The van der Waals surface area contributed by atoms with Crippen LogP contribution < -0.4 is 9.46 Å². The maximum absolute atomic E-state index is 13.2. The maximum atomic E-state index is 13.2. The van der Waals surface area contributed by atoms with Crippen molar-refractivity contribution in [3.05, 3.63) is 39.9 Å². The highest BCUT2D eigenvalue weighted by atomic mass is 79.9. The lowest BCUT2D eigenvalue weighted by Crippen LogP contribution is -2.13. The van der Waals surface area contributed by atoms with Gasteiger partial charge >= 0.3 is 0 Å². The third-order valence-corrected chi connectivity index (χ3v) is 6.35. The van der Waals surface area contributed by atoms with Crippen molar-refractivity contribution in [1.82, 2.24) is 0 Å². The number of benzene rings is 1. The monoisotopic (exact) mass is 379 g/mol. The first-order chi connectivity index (χ1) is 9.44. The number of sulfonamides is 1. The molecule has 1 aromatic heterocycles. The van der Waals surface area contributed by atoms with E-state index in [1.54, 1.807) is 18.4 Å². The first-order valence-corrected chi connectivity index (χ1v) is 8.78. The van der Waals surface area contributed by atoms with Gasteiger partial charge in [0.2, 0.25) is 0 Å². The van der Waals surface area contributed by atoms with E-state index in [9.17, 15) is 12.8 Å². The molecule has 8 heteroatoms. The van der Waals surface area contributed by atoms with Crippen LogP contribution in [0.5, 0.6) is 5.75 Å². The Labute approximate surface area is 128 Å². The Morgan fingerprint density at radius 1 is 1.40 bits per heavy atom. The van der Waals surface area contributed by atoms with Crippen LogP contribution >= 0.6 is 27.3 Å². The van der Waals surface area contributed by atoms with Gasteiger partial charge in [-0.2, -0.15) is 0 Å². The summed E-state index contributed by atoms with van der Waals surface area (Å²) in [5, 5.41) is 1.66. The van der Waals surface area contributed by atoms with Crippen LogP contribution in [0.4, 0.5) is 10.1 Å². The number of nitrogens with one attached hydrogen (secondary N) is 1. The molecule has 1 N–H and O–H groups in total. The SMILES string of the molecule is CCOc1cc(F)ccc1NS(=O)(=O)c1sccc1Br. The van der Waals surface area contributed by atoms with Crippen LogP contribution in [0.3, 0.4) is 0 Å². The third-order valence-electron chi connectivity index (χ3n) is 2.32. The van der Waals surface area contributed by atoms with E-state index in [0.29, 0.717) is 11.1 Å². The molecule has 2 aromatic rings. The Morgan fingerprint density at radius 3 is 2.75 bits per heavy atom. The Bertz CT molecular complexity index is 715. The van der Waals surface area contributed by atoms with Gasteiger partial charge in [-0.05, 0) is 46.4 Å². The Kier molecular flexibility index (Phi) is 4.66. The number of rotatable bonds is 5. The van der Waals surface area contributed by atoms with Crippen molar-refractivity contribution in [3.63, 3.8) is 0 Å². The number of ether oxygens (including phenoxy) is 1. The summed E-state index contributed by atoms with van der Waals surface area (Å²) < 4.78 is 45.9. The van der Waals surface area contributed by atoms with Crippen molar-refractivity contribution in [2.45, 2.75) is 11.1 Å². The molecule has 0 aliphatic carbocycles. The molecule has 0 fully saturated rings. The normalized spacial score (nSPS) is 11.3. The summed E-state index contributed by atoms with van der Waals surface area (Å²) in [5.74, 6) is -0.336. The molecule has 0 spiro atoms. The minimum absolute atomic E-state index is 0.156. The lowest BCUT2D eigenvalue weighted by atomic mass is 10.3. The van der Waals surface area contributed by atoms with Gasteiger partial charge in [0.05, 0.1) is 12.3 Å². The highest BCUT2D eigenvalue weighted by molar-refractivity contribution is 9.10. The first-order valence-electron chi connectivity index (χ1n) is 5.62. The van der Waals surface area contributed by atoms with E-state index in [1.165, 1.54) is 12.1 Å². The lowest BCUT2D eigenvalue weighted by molar-refractivity contribution is 0.340. The molecule has 0 aliphatic rings. The minimum atomic E-state index is -3.74. The standard InChI is InChI=1S/C12H11BrFNO3S2/c1-2-18-11-7-8(14)3-4-10(11)15-20(16,17)12-9(13)5-6-19-12/h3-7,15H,2H2,1H3. The average Bonchev–Trinajstić information content (AvgIpc) is 2.80. The molecule has 0 unspecified atom stereocenters. The number of hydrogen-bond donors (Lipinski definition) is 1. The van der Waals surface area contributed by atoms with Gasteiger partial charge in [0.15, 0.2) is 4.21 Å². The summed E-state index contributed by atoms with van der Waals surface area (Å²) in [6.07, 6.45) is 0. The van der Waals surface area contributed by atoms with E-state index < -0.39 is 15.8 Å². The van der Waals surface area contributed by atoms with Crippen LogP contribution in [-0.2, 0) is 10.0 Å². The van der Waals surface area contributed by atoms with Crippen LogP contribution in [0, 0.1) is 5.82 Å². The van der Waals surface area contributed by atoms with Crippen LogP contribution in [-0.4, -0.2) is 15.0 Å². The Balaban J connectivity index is 2.37. The van der Waals surface area contributed by atoms with Gasteiger partial charge in [0.1, 0.15) is 11.6 Å². The van der Waals surface area contributed by atoms with Gasteiger partial charge in [0.25, 0.3) is 10.0 Å². The summed E-state index contributed by atoms with van der Waals surface area (Å²) in [5.41, 5.74) is 0.202. The van der Waals surface area contributed by atoms with Gasteiger partial charge in [-0.15, -0.1) is 11.3 Å². The van der Waals surface area contributed by atoms with E-state index in [4.69, 9.17) is 4.74 Å². The van der Waals surface area contributed by atoms with Crippen molar-refractivity contribution in [2.75, 3.05) is 11.3 Å². The van der Waals surface area contributed by atoms with Crippen molar-refractivity contribution in [3.8, 4) is 5.75 Å². The topological polar surface area (TPSA) is 55.4 Å². The quantitative estimate of drug-likeness (QED) is 0.858. The van der Waals surface area contributed by atoms with Crippen molar-refractivity contribution in [1.29, 1.82) is 0 Å². The summed E-state index contributed by atoms with van der Waals surface area (Å²) in [4.78, 5) is 0. The smallest absolute Gasteiger partial charge is 0.272 e. The zero-order chi connectivity index (χ0) is 14.8. The zero-order valence-electron chi connectivity index (χ0n) is 10.4. The van der Waals surface area contributed by atoms with E-state index >= 15 is 0 Å². The van der Waals surface area contributed by atoms with Crippen LogP contribution in [0.25, 0.3) is 0 Å². The second-order valence-electron chi connectivity index (χ2n) is 3.73. The highest BCUT2D eigenvalue weighted by Crippen LogP contribution is 2.32. The van der Waals surface area contributed by atoms with Gasteiger partial charge < -0.3 is 4.74 Å². The summed E-state index contributed by atoms with van der Waals surface area (Å²) in [6, 6.07) is 5.29. The second-order valence-corrected chi connectivity index (χ2v) is 7.38. The van der Waals surface area contributed by atoms with Gasteiger partial charge in [0, 0.05) is 10.5 Å². The fourth-order valence-electron chi connectivity index (χ4n) is 1.52. The molecule has 0 bridgehead atoms. The van der Waals surface area contributed by atoms with E-state index in [2.05, 4.69) is 20.7 Å². The maximum Gasteiger partial charge on any atom is 0.272 e.